The molecule has 0 radical (unpaired) electrons. The molecule has 0 amide bonds. The predicted molar refractivity (Wildman–Crippen MR) is 91.7 cm³/mol. The fourth-order valence-corrected chi connectivity index (χ4v) is 2.93. The highest BCUT2D eigenvalue weighted by molar-refractivity contribution is 7.50. The molecule has 0 aliphatic rings. The Kier molecular flexibility index (Phi) is 8.68. The molecule has 1 atom stereocenters. The van der Waals surface area contributed by atoms with Gasteiger partial charge in [-0.25, -0.2) is 0 Å². The van der Waals surface area contributed by atoms with Crippen molar-refractivity contribution in [2.75, 3.05) is 27.1 Å². The molecule has 1 unspecified atom stereocenters. The van der Waals surface area contributed by atoms with Crippen molar-refractivity contribution in [2.45, 2.75) is 26.9 Å². The van der Waals surface area contributed by atoms with Crippen molar-refractivity contribution in [3.05, 3.63) is 23.8 Å². The summed E-state index contributed by atoms with van der Waals surface area (Å²) in [6, 6.07) is 4.97. The zero-order valence-electron chi connectivity index (χ0n) is 14.6. The van der Waals surface area contributed by atoms with Gasteiger partial charge in [0.05, 0.1) is 18.8 Å². The second-order valence-corrected chi connectivity index (χ2v) is 6.69. The van der Waals surface area contributed by atoms with Crippen molar-refractivity contribution in [2.24, 2.45) is 0 Å². The third-order valence-corrected chi connectivity index (χ3v) is 4.21. The molecule has 0 aliphatic carbocycles. The lowest BCUT2D eigenvalue weighted by Crippen LogP contribution is -2.25. The average molecular weight is 357 g/mol. The van der Waals surface area contributed by atoms with Gasteiger partial charge in [0.25, 0.3) is 0 Å². The van der Waals surface area contributed by atoms with Crippen LogP contribution in [0.3, 0.4) is 0 Å². The Morgan fingerprint density at radius 2 is 1.96 bits per heavy atom. The van der Waals surface area contributed by atoms with Gasteiger partial charge in [0.15, 0.2) is 14.1 Å². The molecule has 0 spiro atoms. The summed E-state index contributed by atoms with van der Waals surface area (Å²) < 4.78 is 21.2. The molecule has 24 heavy (non-hydrogen) atoms. The number of ketones is 1. The zero-order chi connectivity index (χ0) is 18.1. The molecule has 0 aromatic heterocycles. The molecule has 0 bridgehead atoms. The van der Waals surface area contributed by atoms with Crippen LogP contribution in [0.5, 0.6) is 11.5 Å². The summed E-state index contributed by atoms with van der Waals surface area (Å²) in [4.78, 5) is 23.4. The highest BCUT2D eigenvalue weighted by Gasteiger charge is 2.18. The van der Waals surface area contributed by atoms with Gasteiger partial charge in [-0.2, -0.15) is 0 Å². The maximum absolute atomic E-state index is 11.8. The van der Waals surface area contributed by atoms with Crippen molar-refractivity contribution in [3.63, 3.8) is 0 Å². The maximum Gasteiger partial charge on any atom is 0.320 e. The monoisotopic (exact) mass is 357 g/mol. The minimum atomic E-state index is -1.33. The Balaban J connectivity index is 2.83. The normalized spacial score (nSPS) is 11.9. The lowest BCUT2D eigenvalue weighted by molar-refractivity contribution is -0.145. The van der Waals surface area contributed by atoms with Gasteiger partial charge in [0.1, 0.15) is 24.4 Å². The van der Waals surface area contributed by atoms with Crippen LogP contribution in [-0.4, -0.2) is 45.0 Å². The van der Waals surface area contributed by atoms with E-state index in [1.807, 2.05) is 0 Å². The first-order chi connectivity index (χ1) is 11.4. The van der Waals surface area contributed by atoms with Gasteiger partial charge in [-0.1, -0.05) is 0 Å². The van der Waals surface area contributed by atoms with Crippen molar-refractivity contribution in [1.82, 2.24) is 5.09 Å². The van der Waals surface area contributed by atoms with Crippen molar-refractivity contribution in [1.29, 1.82) is 0 Å². The summed E-state index contributed by atoms with van der Waals surface area (Å²) >= 11 is 0. The molecular weight excluding hydrogens is 333 g/mol. The number of Topliss-reactive ketones (excluding diaryl/α,β-unsaturated/α-hetero) is 1. The summed E-state index contributed by atoms with van der Waals surface area (Å²) in [5, 5.41) is 2.97. The first-order valence-corrected chi connectivity index (χ1v) is 8.88. The molecule has 0 heterocycles. The number of esters is 1. The van der Waals surface area contributed by atoms with E-state index >= 15 is 0 Å². The molecule has 1 aromatic rings. The number of nitrogens with one attached hydrogen (secondary N) is 1. The summed E-state index contributed by atoms with van der Waals surface area (Å²) in [5.74, 6) is 0.449. The van der Waals surface area contributed by atoms with Crippen LogP contribution in [0.4, 0.5) is 0 Å². The van der Waals surface area contributed by atoms with Crippen molar-refractivity contribution < 1.29 is 28.3 Å². The molecule has 0 aliphatic heterocycles. The second kappa shape index (κ2) is 10.2. The van der Waals surface area contributed by atoms with E-state index in [4.69, 9.17) is 18.7 Å². The smallest absolute Gasteiger partial charge is 0.320 e. The van der Waals surface area contributed by atoms with Crippen LogP contribution in [0.15, 0.2) is 18.2 Å². The Morgan fingerprint density at radius 1 is 1.25 bits per heavy atom. The van der Waals surface area contributed by atoms with Crippen LogP contribution in [0.2, 0.25) is 0 Å². The third kappa shape index (κ3) is 6.83. The molecule has 134 valence electrons. The number of carbonyl (C=O) groups is 2. The van der Waals surface area contributed by atoms with Crippen LogP contribution >= 0.6 is 8.30 Å². The van der Waals surface area contributed by atoms with Crippen LogP contribution in [0.25, 0.3) is 0 Å². The molecule has 0 fully saturated rings. The molecule has 0 saturated carbocycles. The number of benzene rings is 1. The van der Waals surface area contributed by atoms with Crippen LogP contribution < -0.4 is 14.3 Å². The fraction of sp³-hybridized carbons (Fsp3) is 0.500. The van der Waals surface area contributed by atoms with E-state index in [-0.39, 0.29) is 30.7 Å². The van der Waals surface area contributed by atoms with Gasteiger partial charge in [-0.15, -0.1) is 0 Å². The van der Waals surface area contributed by atoms with Crippen molar-refractivity contribution >= 4 is 20.1 Å². The van der Waals surface area contributed by atoms with Gasteiger partial charge in [-0.05, 0) is 32.9 Å². The van der Waals surface area contributed by atoms with Gasteiger partial charge in [-0.3, -0.25) is 14.7 Å². The number of ether oxygens (including phenoxy) is 3. The van der Waals surface area contributed by atoms with E-state index in [1.165, 1.54) is 21.1 Å². The summed E-state index contributed by atoms with van der Waals surface area (Å²) in [7, 11) is 1.73. The predicted octanol–water partition coefficient (Wildman–Crippen LogP) is 2.73. The lowest BCUT2D eigenvalue weighted by atomic mass is 10.1. The summed E-state index contributed by atoms with van der Waals surface area (Å²) in [5.41, 5.74) is 0.436. The average Bonchev–Trinajstić information content (AvgIpc) is 2.51. The maximum atomic E-state index is 11.8. The molecule has 1 N–H and O–H groups in total. The highest BCUT2D eigenvalue weighted by atomic mass is 31.2. The van der Waals surface area contributed by atoms with Crippen LogP contribution in [0.1, 0.15) is 31.1 Å². The molecule has 7 nitrogen and oxygen atoms in total. The Morgan fingerprint density at radius 3 is 2.50 bits per heavy atom. The van der Waals surface area contributed by atoms with Gasteiger partial charge < -0.3 is 18.7 Å². The molecule has 8 heteroatoms. The molecule has 0 saturated heterocycles. The standard InChI is InChI=1S/C16H24NO6P/c1-11(2)22-16(19)9-17-24(10-20-4)23-15-8-13(21-5)6-7-14(15)12(3)18/h6-8,11,17H,9-10H2,1-5H3. The molecule has 1 rings (SSSR count). The van der Waals surface area contributed by atoms with Crippen LogP contribution in [-0.2, 0) is 14.3 Å². The van der Waals surface area contributed by atoms with E-state index in [9.17, 15) is 9.59 Å². The number of carbonyl (C=O) groups excluding carboxylic acids is 2. The van der Waals surface area contributed by atoms with E-state index in [1.54, 1.807) is 32.0 Å². The first kappa shape index (κ1) is 20.4. The number of hydrogen-bond acceptors (Lipinski definition) is 7. The first-order valence-electron chi connectivity index (χ1n) is 7.43. The Bertz CT molecular complexity index is 563. The molecule has 1 aromatic carbocycles. The lowest BCUT2D eigenvalue weighted by Gasteiger charge is -2.20. The Labute approximate surface area is 143 Å². The van der Waals surface area contributed by atoms with Crippen LogP contribution in [0, 0.1) is 0 Å². The van der Waals surface area contributed by atoms with Crippen molar-refractivity contribution in [3.8, 4) is 11.5 Å². The third-order valence-electron chi connectivity index (χ3n) is 2.79. The van der Waals surface area contributed by atoms with E-state index in [0.717, 1.165) is 0 Å². The van der Waals surface area contributed by atoms with Gasteiger partial charge in [0.2, 0.25) is 0 Å². The minimum absolute atomic E-state index is 0.00732. The summed E-state index contributed by atoms with van der Waals surface area (Å²) in [6.45, 7) is 5.01. The Hall–Kier alpha value is -1.69. The summed E-state index contributed by atoms with van der Waals surface area (Å²) in [6.07, 6.45) is 0.0651. The van der Waals surface area contributed by atoms with Gasteiger partial charge in [0, 0.05) is 13.2 Å². The number of rotatable bonds is 10. The quantitative estimate of drug-likeness (QED) is 0.392. The zero-order valence-corrected chi connectivity index (χ0v) is 15.5. The highest BCUT2D eigenvalue weighted by Crippen LogP contribution is 2.37. The van der Waals surface area contributed by atoms with E-state index in [2.05, 4.69) is 5.09 Å². The largest absolute Gasteiger partial charge is 0.497 e. The topological polar surface area (TPSA) is 83.1 Å². The van der Waals surface area contributed by atoms with Gasteiger partial charge >= 0.3 is 5.97 Å². The number of methoxy groups -OCH3 is 2. The van der Waals surface area contributed by atoms with E-state index in [0.29, 0.717) is 17.1 Å². The minimum Gasteiger partial charge on any atom is -0.497 e. The SMILES string of the molecule is COCP(NCC(=O)OC(C)C)Oc1cc(OC)ccc1C(C)=O. The second-order valence-electron chi connectivity index (χ2n) is 5.18. The van der Waals surface area contributed by atoms with E-state index < -0.39 is 8.30 Å². The number of hydrogen-bond donors (Lipinski definition) is 1. The fourth-order valence-electron chi connectivity index (χ4n) is 1.79. The molecular formula is C16H24NO6P.